The van der Waals surface area contributed by atoms with Crippen LogP contribution in [0.3, 0.4) is 0 Å². The van der Waals surface area contributed by atoms with Crippen molar-refractivity contribution in [2.24, 2.45) is 5.92 Å². The van der Waals surface area contributed by atoms with Crippen molar-refractivity contribution in [1.82, 2.24) is 10.2 Å². The fraction of sp³-hybridized carbons (Fsp3) is 0.465. The van der Waals surface area contributed by atoms with Gasteiger partial charge in [-0.1, -0.05) is 92.2 Å². The lowest BCUT2D eigenvalue weighted by molar-refractivity contribution is -0.134. The molecule has 3 aromatic carbocycles. The standard InChI is InChI=1S/C43H53N2O8P/c1-5-13-28(41(50)36(46)20-21-39(49)44-40(38(48)26-54)27-14-7-6-8-15-27)22-37(47)35-23-29(53-43(2,3)4)24-45(35)42(51)52-25-34-32-18-11-9-16-30(32)31-17-10-12-19-33(31)34/h6-12,14-19,28-29,34-35,40-41,50H,5,13,20-26,54H2,1-4H3,(H,44,49)/t28?,29-,35+,40+,41?/m1/s1. The zero-order chi connectivity index (χ0) is 39.0. The van der Waals surface area contributed by atoms with Crippen LogP contribution in [0.1, 0.15) is 94.9 Å². The van der Waals surface area contributed by atoms with Crippen LogP contribution in [0.2, 0.25) is 0 Å². The third-order valence-corrected chi connectivity index (χ3v) is 10.6. The van der Waals surface area contributed by atoms with Crippen LogP contribution in [0.4, 0.5) is 4.79 Å². The smallest absolute Gasteiger partial charge is 0.410 e. The molecule has 1 fully saturated rings. The molecule has 0 radical (unpaired) electrons. The molecule has 6 atom stereocenters. The van der Waals surface area contributed by atoms with E-state index in [2.05, 4.69) is 26.7 Å². The Kier molecular flexibility index (Phi) is 13.9. The number of nitrogens with one attached hydrogen (secondary N) is 1. The van der Waals surface area contributed by atoms with Crippen LogP contribution >= 0.6 is 9.24 Å². The van der Waals surface area contributed by atoms with Crippen molar-refractivity contribution in [2.45, 2.75) is 102 Å². The highest BCUT2D eigenvalue weighted by Crippen LogP contribution is 2.44. The lowest BCUT2D eigenvalue weighted by Gasteiger charge is -2.27. The van der Waals surface area contributed by atoms with Gasteiger partial charge in [-0.05, 0) is 60.9 Å². The second-order valence-electron chi connectivity index (χ2n) is 15.3. The van der Waals surface area contributed by atoms with E-state index in [1.165, 1.54) is 4.90 Å². The first-order valence-corrected chi connectivity index (χ1v) is 19.7. The Morgan fingerprint density at radius 1 is 0.889 bits per heavy atom. The number of rotatable bonds is 17. The maximum atomic E-state index is 14.1. The van der Waals surface area contributed by atoms with Gasteiger partial charge in [0, 0.05) is 37.8 Å². The summed E-state index contributed by atoms with van der Waals surface area (Å²) in [5.74, 6) is -2.38. The quantitative estimate of drug-likeness (QED) is 0.147. The number of aliphatic hydroxyl groups excluding tert-OH is 1. The molecule has 2 N–H and O–H groups in total. The number of fused-ring (bicyclic) bond motifs is 3. The van der Waals surface area contributed by atoms with Gasteiger partial charge in [-0.3, -0.25) is 24.1 Å². The molecular weight excluding hydrogens is 703 g/mol. The van der Waals surface area contributed by atoms with Crippen LogP contribution in [-0.4, -0.2) is 82.5 Å². The van der Waals surface area contributed by atoms with Gasteiger partial charge in [-0.25, -0.2) is 4.79 Å². The summed E-state index contributed by atoms with van der Waals surface area (Å²) in [6.07, 6.45) is -1.70. The summed E-state index contributed by atoms with van der Waals surface area (Å²) in [5.41, 5.74) is 4.51. The Balaban J connectivity index is 1.23. The number of carbonyl (C=O) groups is 5. The van der Waals surface area contributed by atoms with Gasteiger partial charge in [0.25, 0.3) is 0 Å². The maximum absolute atomic E-state index is 14.1. The van der Waals surface area contributed by atoms with Gasteiger partial charge in [0.2, 0.25) is 5.91 Å². The topological polar surface area (TPSA) is 139 Å². The molecule has 10 nitrogen and oxygen atoms in total. The van der Waals surface area contributed by atoms with Gasteiger partial charge in [0.05, 0.1) is 24.3 Å². The van der Waals surface area contributed by atoms with Crippen LogP contribution in [0.5, 0.6) is 0 Å². The Morgan fingerprint density at radius 2 is 1.50 bits per heavy atom. The van der Waals surface area contributed by atoms with Crippen LogP contribution in [0.25, 0.3) is 11.1 Å². The molecule has 1 aliphatic carbocycles. The van der Waals surface area contributed by atoms with E-state index in [1.54, 1.807) is 24.3 Å². The molecular formula is C43H53N2O8P. The van der Waals surface area contributed by atoms with Crippen molar-refractivity contribution in [3.63, 3.8) is 0 Å². The van der Waals surface area contributed by atoms with Crippen molar-refractivity contribution in [1.29, 1.82) is 0 Å². The third kappa shape index (κ3) is 10.1. The minimum Gasteiger partial charge on any atom is -0.448 e. The Hall–Kier alpha value is -4.24. The molecule has 54 heavy (non-hydrogen) atoms. The first-order valence-electron chi connectivity index (χ1n) is 18.9. The molecule has 0 saturated carbocycles. The molecule has 2 aliphatic rings. The van der Waals surface area contributed by atoms with Gasteiger partial charge in [0.1, 0.15) is 18.8 Å². The van der Waals surface area contributed by atoms with Crippen LogP contribution in [-0.2, 0) is 28.7 Å². The average Bonchev–Trinajstić information content (AvgIpc) is 3.72. The van der Waals surface area contributed by atoms with E-state index >= 15 is 0 Å². The number of amides is 2. The zero-order valence-electron chi connectivity index (χ0n) is 31.7. The van der Waals surface area contributed by atoms with Crippen molar-refractivity contribution >= 4 is 38.6 Å². The predicted octanol–water partition coefficient (Wildman–Crippen LogP) is 6.58. The van der Waals surface area contributed by atoms with E-state index in [4.69, 9.17) is 9.47 Å². The van der Waals surface area contributed by atoms with E-state index in [9.17, 15) is 29.1 Å². The normalized spacial score (nSPS) is 18.3. The minimum atomic E-state index is -1.48. The number of ether oxygens (including phenoxy) is 2. The number of hydrogen-bond acceptors (Lipinski definition) is 8. The summed E-state index contributed by atoms with van der Waals surface area (Å²) in [6, 6.07) is 23.3. The molecule has 0 bridgehead atoms. The van der Waals surface area contributed by atoms with Crippen molar-refractivity contribution in [2.75, 3.05) is 19.3 Å². The van der Waals surface area contributed by atoms with Crippen LogP contribution in [0.15, 0.2) is 78.9 Å². The van der Waals surface area contributed by atoms with Crippen LogP contribution in [0, 0.1) is 5.92 Å². The number of carbonyl (C=O) groups excluding carboxylic acids is 5. The Morgan fingerprint density at radius 3 is 2.09 bits per heavy atom. The summed E-state index contributed by atoms with van der Waals surface area (Å²) in [5, 5.41) is 13.9. The molecule has 288 valence electrons. The number of likely N-dealkylation sites (tertiary alicyclic amines) is 1. The molecule has 0 aromatic heterocycles. The molecule has 3 aromatic rings. The third-order valence-electron chi connectivity index (χ3n) is 10.2. The molecule has 1 aliphatic heterocycles. The second-order valence-corrected chi connectivity index (χ2v) is 15.7. The van der Waals surface area contributed by atoms with Gasteiger partial charge in [-0.15, -0.1) is 9.24 Å². The van der Waals surface area contributed by atoms with E-state index in [0.29, 0.717) is 18.4 Å². The fourth-order valence-electron chi connectivity index (χ4n) is 7.70. The summed E-state index contributed by atoms with van der Waals surface area (Å²) in [7, 11) is 2.36. The largest absolute Gasteiger partial charge is 0.448 e. The zero-order valence-corrected chi connectivity index (χ0v) is 32.8. The number of Topliss-reactive ketones (excluding diaryl/α,β-unsaturated/α-hetero) is 3. The van der Waals surface area contributed by atoms with Gasteiger partial charge in [0.15, 0.2) is 17.3 Å². The predicted molar refractivity (Wildman–Crippen MR) is 210 cm³/mol. The highest BCUT2D eigenvalue weighted by molar-refractivity contribution is 7.18. The van der Waals surface area contributed by atoms with Gasteiger partial charge in [-0.2, -0.15) is 0 Å². The summed E-state index contributed by atoms with van der Waals surface area (Å²) in [6.45, 7) is 7.93. The van der Waals surface area contributed by atoms with Gasteiger partial charge < -0.3 is 19.9 Å². The van der Waals surface area contributed by atoms with Crippen molar-refractivity contribution in [3.05, 3.63) is 95.6 Å². The van der Waals surface area contributed by atoms with Crippen LogP contribution < -0.4 is 5.32 Å². The second kappa shape index (κ2) is 18.4. The first kappa shape index (κ1) is 40.9. The highest BCUT2D eigenvalue weighted by Gasteiger charge is 2.44. The maximum Gasteiger partial charge on any atom is 0.410 e. The minimum absolute atomic E-state index is 0.103. The van der Waals surface area contributed by atoms with E-state index in [1.807, 2.05) is 70.2 Å². The number of aliphatic hydroxyl groups is 1. The Bertz CT molecular complexity index is 1760. The number of hydrogen-bond donors (Lipinski definition) is 2. The summed E-state index contributed by atoms with van der Waals surface area (Å²) >= 11 is 0. The monoisotopic (exact) mass is 756 g/mol. The molecule has 1 heterocycles. The summed E-state index contributed by atoms with van der Waals surface area (Å²) in [4.78, 5) is 68.1. The fourth-order valence-corrected chi connectivity index (χ4v) is 7.93. The van der Waals surface area contributed by atoms with Crippen molar-refractivity contribution in [3.8, 4) is 11.1 Å². The SMILES string of the molecule is CCCC(CC(=O)[C@@H]1C[C@@H](OC(C)(C)C)CN1C(=O)OCC1c2ccccc2-c2ccccc21)C(O)C(=O)CCC(=O)N[C@H](C(=O)CP)c1ccccc1. The molecule has 5 rings (SSSR count). The average molecular weight is 757 g/mol. The molecule has 0 spiro atoms. The highest BCUT2D eigenvalue weighted by atomic mass is 31.0. The summed E-state index contributed by atoms with van der Waals surface area (Å²) < 4.78 is 12.2. The molecule has 3 unspecified atom stereocenters. The first-order chi connectivity index (χ1) is 25.8. The number of ketones is 3. The van der Waals surface area contributed by atoms with E-state index in [0.717, 1.165) is 22.3 Å². The molecule has 1 saturated heterocycles. The lowest BCUT2D eigenvalue weighted by Crippen LogP contribution is -2.43. The number of nitrogens with zero attached hydrogens (tertiary/aromatic N) is 1. The molecule has 11 heteroatoms. The molecule has 2 amide bonds. The lowest BCUT2D eigenvalue weighted by atomic mass is 9.86. The van der Waals surface area contributed by atoms with E-state index < -0.39 is 53.6 Å². The van der Waals surface area contributed by atoms with Gasteiger partial charge >= 0.3 is 6.09 Å². The van der Waals surface area contributed by atoms with Crippen molar-refractivity contribution < 1.29 is 38.6 Å². The van der Waals surface area contributed by atoms with E-state index in [-0.39, 0.29) is 62.5 Å². The number of benzene rings is 3. The Labute approximate surface area is 320 Å².